The van der Waals surface area contributed by atoms with Crippen molar-refractivity contribution in [2.45, 2.75) is 51.7 Å². The summed E-state index contributed by atoms with van der Waals surface area (Å²) < 4.78 is 1.77. The van der Waals surface area contributed by atoms with Gasteiger partial charge in [0.1, 0.15) is 5.82 Å². The molecule has 0 saturated carbocycles. The third-order valence-electron chi connectivity index (χ3n) is 5.04. The molecule has 1 fully saturated rings. The average molecular weight is 401 g/mol. The number of aliphatic hydroxyl groups is 1. The molecule has 3 heterocycles. The van der Waals surface area contributed by atoms with Crippen molar-refractivity contribution in [3.63, 3.8) is 0 Å². The van der Waals surface area contributed by atoms with Crippen LogP contribution in [0.4, 0.5) is 5.82 Å². The molecular weight excluding hydrogens is 376 g/mol. The number of anilines is 1. The third kappa shape index (κ3) is 3.56. The van der Waals surface area contributed by atoms with Crippen LogP contribution in [0, 0.1) is 0 Å². The number of nitrogens with zero attached hydrogens (tertiary/aromatic N) is 6. The van der Waals surface area contributed by atoms with Gasteiger partial charge in [-0.3, -0.25) is 0 Å². The lowest BCUT2D eigenvalue weighted by Gasteiger charge is -2.23. The fourth-order valence-electron chi connectivity index (χ4n) is 3.42. The molecule has 28 heavy (non-hydrogen) atoms. The van der Waals surface area contributed by atoms with E-state index in [1.54, 1.807) is 4.68 Å². The van der Waals surface area contributed by atoms with Crippen molar-refractivity contribution in [2.24, 2.45) is 0 Å². The fraction of sp³-hybridized carbons (Fsp3) is 0.500. The van der Waals surface area contributed by atoms with Crippen molar-refractivity contribution in [1.29, 1.82) is 0 Å². The quantitative estimate of drug-likeness (QED) is 0.727. The Bertz CT molecular complexity index is 1020. The Morgan fingerprint density at radius 2 is 1.96 bits per heavy atom. The zero-order valence-electron chi connectivity index (χ0n) is 16.6. The highest BCUT2D eigenvalue weighted by Gasteiger charge is 2.34. The predicted octanol–water partition coefficient (Wildman–Crippen LogP) is 3.18. The second-order valence-electron chi connectivity index (χ2n) is 8.80. The molecule has 0 spiro atoms. The van der Waals surface area contributed by atoms with Gasteiger partial charge in [0.25, 0.3) is 0 Å². The first-order chi connectivity index (χ1) is 13.1. The lowest BCUT2D eigenvalue weighted by atomic mass is 9.96. The number of hydrogen-bond acceptors (Lipinski definition) is 6. The molecule has 8 heteroatoms. The van der Waals surface area contributed by atoms with Crippen molar-refractivity contribution in [3.8, 4) is 0 Å². The summed E-state index contributed by atoms with van der Waals surface area (Å²) in [6, 6.07) is 7.69. The van der Waals surface area contributed by atoms with E-state index in [4.69, 9.17) is 21.6 Å². The van der Waals surface area contributed by atoms with Crippen LogP contribution in [0.2, 0.25) is 5.02 Å². The van der Waals surface area contributed by atoms with Crippen LogP contribution in [0.1, 0.15) is 45.5 Å². The number of β-amino-alcohol motifs (C(OH)–C–C–N with tert-alkyl or cyclic N) is 1. The smallest absolute Gasteiger partial charge is 0.184 e. The minimum Gasteiger partial charge on any atom is -0.388 e. The lowest BCUT2D eigenvalue weighted by molar-refractivity contribution is 0.0839. The summed E-state index contributed by atoms with van der Waals surface area (Å²) in [5.41, 5.74) is 1.33. The zero-order valence-corrected chi connectivity index (χ0v) is 17.4. The second-order valence-corrected chi connectivity index (χ2v) is 9.21. The Kier molecular flexibility index (Phi) is 4.55. The van der Waals surface area contributed by atoms with Crippen LogP contribution >= 0.6 is 11.6 Å². The van der Waals surface area contributed by atoms with Gasteiger partial charge in [-0.15, -0.1) is 5.10 Å². The van der Waals surface area contributed by atoms with Crippen LogP contribution in [-0.4, -0.2) is 48.8 Å². The summed E-state index contributed by atoms with van der Waals surface area (Å²) in [7, 11) is 0. The molecule has 0 radical (unpaired) electrons. The van der Waals surface area contributed by atoms with E-state index in [2.05, 4.69) is 36.0 Å². The number of benzene rings is 1. The molecular formula is C20H25ClN6O. The monoisotopic (exact) mass is 400 g/mol. The van der Waals surface area contributed by atoms with Gasteiger partial charge in [-0.05, 0) is 25.0 Å². The van der Waals surface area contributed by atoms with Crippen molar-refractivity contribution >= 4 is 28.6 Å². The lowest BCUT2D eigenvalue weighted by Crippen LogP contribution is -2.31. The first-order valence-electron chi connectivity index (χ1n) is 9.46. The maximum absolute atomic E-state index is 10.4. The van der Waals surface area contributed by atoms with Crippen molar-refractivity contribution in [2.75, 3.05) is 18.0 Å². The van der Waals surface area contributed by atoms with Gasteiger partial charge in [-0.1, -0.05) is 55.8 Å². The maximum atomic E-state index is 10.4. The largest absolute Gasteiger partial charge is 0.388 e. The van der Waals surface area contributed by atoms with Crippen LogP contribution < -0.4 is 4.90 Å². The van der Waals surface area contributed by atoms with Crippen LogP contribution in [-0.2, 0) is 12.0 Å². The highest BCUT2D eigenvalue weighted by Crippen LogP contribution is 2.32. The number of halogens is 1. The summed E-state index contributed by atoms with van der Waals surface area (Å²) in [6.07, 6.45) is 0.692. The molecule has 0 aliphatic carbocycles. The maximum Gasteiger partial charge on any atom is 0.184 e. The molecule has 1 aliphatic rings. The van der Waals surface area contributed by atoms with Gasteiger partial charge in [0.05, 0.1) is 12.1 Å². The molecule has 1 saturated heterocycles. The van der Waals surface area contributed by atoms with E-state index < -0.39 is 5.60 Å². The minimum absolute atomic E-state index is 0.231. The fourth-order valence-corrected chi connectivity index (χ4v) is 3.61. The molecule has 7 nitrogen and oxygen atoms in total. The molecule has 4 rings (SSSR count). The first-order valence-corrected chi connectivity index (χ1v) is 9.84. The van der Waals surface area contributed by atoms with Crippen LogP contribution in [0.3, 0.4) is 0 Å². The highest BCUT2D eigenvalue weighted by atomic mass is 35.5. The Hall–Kier alpha value is -2.25. The normalized spacial score (nSPS) is 20.3. The van der Waals surface area contributed by atoms with Gasteiger partial charge in [0, 0.05) is 23.5 Å². The van der Waals surface area contributed by atoms with Gasteiger partial charge in [0.15, 0.2) is 17.0 Å². The third-order valence-corrected chi connectivity index (χ3v) is 5.41. The van der Waals surface area contributed by atoms with Gasteiger partial charge >= 0.3 is 0 Å². The second kappa shape index (κ2) is 6.67. The average Bonchev–Trinajstić information content (AvgIpc) is 3.18. The standard InChI is InChI=1S/C20H25ClN6O/c1-19(2,3)18-22-16(26-10-9-20(4,28)12-26)15-17(23-18)27(25-24-15)11-13-7-5-6-8-14(13)21/h5-8,28H,9-12H2,1-4H3/t20-/m0/s1. The topological polar surface area (TPSA) is 80.0 Å². The molecule has 2 aromatic heterocycles. The van der Waals surface area contributed by atoms with Crippen molar-refractivity contribution in [1.82, 2.24) is 25.0 Å². The molecule has 1 aliphatic heterocycles. The van der Waals surface area contributed by atoms with Gasteiger partial charge in [-0.2, -0.15) is 0 Å². The summed E-state index contributed by atoms with van der Waals surface area (Å²) in [4.78, 5) is 11.7. The number of aromatic nitrogens is 5. The van der Waals surface area contributed by atoms with E-state index in [9.17, 15) is 5.11 Å². The summed E-state index contributed by atoms with van der Waals surface area (Å²) >= 11 is 6.33. The van der Waals surface area contributed by atoms with E-state index >= 15 is 0 Å². The van der Waals surface area contributed by atoms with E-state index in [-0.39, 0.29) is 5.41 Å². The zero-order chi connectivity index (χ0) is 20.1. The molecule has 0 unspecified atom stereocenters. The summed E-state index contributed by atoms with van der Waals surface area (Å²) in [6.45, 7) is 9.82. The number of hydrogen-bond donors (Lipinski definition) is 1. The Morgan fingerprint density at radius 3 is 2.61 bits per heavy atom. The number of rotatable bonds is 3. The van der Waals surface area contributed by atoms with Crippen molar-refractivity contribution in [3.05, 3.63) is 40.7 Å². The SMILES string of the molecule is CC(C)(C)c1nc(N2CC[C@](C)(O)C2)c2nnn(Cc3ccccc3Cl)c2n1. The van der Waals surface area contributed by atoms with Crippen LogP contribution in [0.5, 0.6) is 0 Å². The number of fused-ring (bicyclic) bond motifs is 1. The van der Waals surface area contributed by atoms with E-state index in [0.29, 0.717) is 35.7 Å². The molecule has 1 atom stereocenters. The van der Waals surface area contributed by atoms with E-state index in [1.807, 2.05) is 31.2 Å². The van der Waals surface area contributed by atoms with Gasteiger partial charge in [0.2, 0.25) is 0 Å². The molecule has 3 aromatic rings. The molecule has 0 amide bonds. The van der Waals surface area contributed by atoms with Crippen LogP contribution in [0.25, 0.3) is 11.2 Å². The van der Waals surface area contributed by atoms with Crippen molar-refractivity contribution < 1.29 is 5.11 Å². The molecule has 1 aromatic carbocycles. The van der Waals surface area contributed by atoms with Gasteiger partial charge < -0.3 is 10.0 Å². The van der Waals surface area contributed by atoms with E-state index in [0.717, 1.165) is 23.8 Å². The van der Waals surface area contributed by atoms with Gasteiger partial charge in [-0.25, -0.2) is 14.6 Å². The molecule has 148 valence electrons. The summed E-state index contributed by atoms with van der Waals surface area (Å²) in [5.74, 6) is 1.46. The molecule has 1 N–H and O–H groups in total. The van der Waals surface area contributed by atoms with E-state index in [1.165, 1.54) is 0 Å². The Balaban J connectivity index is 1.84. The Morgan fingerprint density at radius 1 is 1.21 bits per heavy atom. The highest BCUT2D eigenvalue weighted by molar-refractivity contribution is 6.31. The molecule has 0 bridgehead atoms. The predicted molar refractivity (Wildman–Crippen MR) is 110 cm³/mol. The first kappa shape index (κ1) is 19.1. The minimum atomic E-state index is -0.729. The Labute approximate surface area is 169 Å². The summed E-state index contributed by atoms with van der Waals surface area (Å²) in [5, 5.41) is 19.8. The van der Waals surface area contributed by atoms with Crippen LogP contribution in [0.15, 0.2) is 24.3 Å².